The van der Waals surface area contributed by atoms with E-state index in [0.717, 1.165) is 25.6 Å². The molecule has 0 saturated carbocycles. The van der Waals surface area contributed by atoms with Crippen molar-refractivity contribution in [3.05, 3.63) is 0 Å². The fourth-order valence-electron chi connectivity index (χ4n) is 1.07. The first kappa shape index (κ1) is 13.3. The van der Waals surface area contributed by atoms with Crippen molar-refractivity contribution in [1.82, 2.24) is 10.6 Å². The first-order valence-corrected chi connectivity index (χ1v) is 6.49. The molecule has 0 aromatic carbocycles. The minimum atomic E-state index is 0.589. The van der Waals surface area contributed by atoms with E-state index >= 15 is 0 Å². The standard InChI is InChI=1S/C10H24N2S/c1-9(2)7-11-8-10(3)12-5-6-13-4/h9-12H,5-8H2,1-4H3. The highest BCUT2D eigenvalue weighted by molar-refractivity contribution is 7.98. The summed E-state index contributed by atoms with van der Waals surface area (Å²) in [5, 5.41) is 6.92. The molecule has 3 heteroatoms. The van der Waals surface area contributed by atoms with E-state index in [1.807, 2.05) is 11.8 Å². The van der Waals surface area contributed by atoms with Gasteiger partial charge in [-0.1, -0.05) is 13.8 Å². The Hall–Kier alpha value is 0.270. The molecule has 0 saturated heterocycles. The Kier molecular flexibility index (Phi) is 9.03. The van der Waals surface area contributed by atoms with Crippen LogP contribution < -0.4 is 10.6 Å². The van der Waals surface area contributed by atoms with Gasteiger partial charge in [-0.25, -0.2) is 0 Å². The predicted molar refractivity (Wildman–Crippen MR) is 63.6 cm³/mol. The summed E-state index contributed by atoms with van der Waals surface area (Å²) in [4.78, 5) is 0. The molecule has 0 bridgehead atoms. The summed E-state index contributed by atoms with van der Waals surface area (Å²) in [6.07, 6.45) is 2.14. The second kappa shape index (κ2) is 8.85. The monoisotopic (exact) mass is 204 g/mol. The van der Waals surface area contributed by atoms with E-state index < -0.39 is 0 Å². The lowest BCUT2D eigenvalue weighted by atomic mass is 10.2. The van der Waals surface area contributed by atoms with Gasteiger partial charge in [0, 0.05) is 24.9 Å². The SMILES string of the molecule is CSCCNC(C)CNCC(C)C. The van der Waals surface area contributed by atoms with Crippen molar-refractivity contribution in [1.29, 1.82) is 0 Å². The van der Waals surface area contributed by atoms with Crippen LogP contribution in [0.3, 0.4) is 0 Å². The largest absolute Gasteiger partial charge is 0.315 e. The Balaban J connectivity index is 3.15. The molecule has 0 amide bonds. The average molecular weight is 204 g/mol. The molecule has 2 N–H and O–H groups in total. The van der Waals surface area contributed by atoms with Gasteiger partial charge in [0.15, 0.2) is 0 Å². The Labute approximate surface area is 87.2 Å². The van der Waals surface area contributed by atoms with Crippen LogP contribution in [0.25, 0.3) is 0 Å². The second-order valence-electron chi connectivity index (χ2n) is 3.90. The zero-order valence-corrected chi connectivity index (χ0v) is 10.2. The molecule has 0 heterocycles. The molecule has 2 nitrogen and oxygen atoms in total. The first-order valence-electron chi connectivity index (χ1n) is 5.09. The van der Waals surface area contributed by atoms with E-state index in [9.17, 15) is 0 Å². The van der Waals surface area contributed by atoms with E-state index in [2.05, 4.69) is 37.7 Å². The van der Waals surface area contributed by atoms with E-state index in [4.69, 9.17) is 0 Å². The number of rotatable bonds is 8. The maximum Gasteiger partial charge on any atom is 0.0164 e. The zero-order valence-electron chi connectivity index (χ0n) is 9.39. The van der Waals surface area contributed by atoms with Gasteiger partial charge in [-0.15, -0.1) is 0 Å². The van der Waals surface area contributed by atoms with Crippen molar-refractivity contribution >= 4 is 11.8 Å². The average Bonchev–Trinajstić information content (AvgIpc) is 2.04. The van der Waals surface area contributed by atoms with Crippen molar-refractivity contribution in [3.63, 3.8) is 0 Å². The molecule has 1 unspecified atom stereocenters. The van der Waals surface area contributed by atoms with Gasteiger partial charge in [0.2, 0.25) is 0 Å². The van der Waals surface area contributed by atoms with Crippen LogP contribution in [0.1, 0.15) is 20.8 Å². The molecule has 13 heavy (non-hydrogen) atoms. The van der Waals surface area contributed by atoms with Gasteiger partial charge in [0.1, 0.15) is 0 Å². The normalized spacial score (nSPS) is 13.6. The molecule has 0 aliphatic rings. The third-order valence-corrected chi connectivity index (χ3v) is 2.41. The number of thioether (sulfide) groups is 1. The van der Waals surface area contributed by atoms with Crippen LogP contribution in [0, 0.1) is 5.92 Å². The maximum atomic E-state index is 3.47. The fourth-order valence-corrected chi connectivity index (χ4v) is 1.39. The predicted octanol–water partition coefficient (Wildman–Crippen LogP) is 1.57. The summed E-state index contributed by atoms with van der Waals surface area (Å²) in [6, 6.07) is 0.589. The van der Waals surface area contributed by atoms with Crippen molar-refractivity contribution in [3.8, 4) is 0 Å². The lowest BCUT2D eigenvalue weighted by Crippen LogP contribution is -2.38. The highest BCUT2D eigenvalue weighted by Crippen LogP contribution is 1.90. The molecule has 0 spiro atoms. The van der Waals surface area contributed by atoms with Crippen LogP contribution in [0.2, 0.25) is 0 Å². The first-order chi connectivity index (χ1) is 6.16. The highest BCUT2D eigenvalue weighted by Gasteiger charge is 1.99. The van der Waals surface area contributed by atoms with Crippen molar-refractivity contribution in [2.45, 2.75) is 26.8 Å². The summed E-state index contributed by atoms with van der Waals surface area (Å²) in [7, 11) is 0. The summed E-state index contributed by atoms with van der Waals surface area (Å²) in [5.41, 5.74) is 0. The minimum Gasteiger partial charge on any atom is -0.315 e. The van der Waals surface area contributed by atoms with Gasteiger partial charge in [-0.2, -0.15) is 11.8 Å². The molecule has 0 aromatic rings. The van der Waals surface area contributed by atoms with Crippen molar-refractivity contribution in [2.24, 2.45) is 5.92 Å². The molecule has 0 aliphatic carbocycles. The van der Waals surface area contributed by atoms with Gasteiger partial charge in [-0.3, -0.25) is 0 Å². The highest BCUT2D eigenvalue weighted by atomic mass is 32.2. The van der Waals surface area contributed by atoms with Crippen LogP contribution in [0.5, 0.6) is 0 Å². The van der Waals surface area contributed by atoms with Gasteiger partial charge in [0.05, 0.1) is 0 Å². The minimum absolute atomic E-state index is 0.589. The van der Waals surface area contributed by atoms with E-state index in [1.54, 1.807) is 0 Å². The quantitative estimate of drug-likeness (QED) is 0.587. The van der Waals surface area contributed by atoms with Crippen LogP contribution in [-0.2, 0) is 0 Å². The van der Waals surface area contributed by atoms with E-state index in [-0.39, 0.29) is 0 Å². The number of nitrogens with one attached hydrogen (secondary N) is 2. The molecule has 80 valence electrons. The maximum absolute atomic E-state index is 3.47. The van der Waals surface area contributed by atoms with Crippen molar-refractivity contribution in [2.75, 3.05) is 31.6 Å². The van der Waals surface area contributed by atoms with Crippen LogP contribution in [0.15, 0.2) is 0 Å². The molecular weight excluding hydrogens is 180 g/mol. The molecule has 0 radical (unpaired) electrons. The van der Waals surface area contributed by atoms with Crippen LogP contribution >= 0.6 is 11.8 Å². The molecule has 0 aliphatic heterocycles. The summed E-state index contributed by atoms with van der Waals surface area (Å²) >= 11 is 1.89. The Morgan fingerprint density at radius 3 is 2.38 bits per heavy atom. The molecule has 0 rings (SSSR count). The third-order valence-electron chi connectivity index (χ3n) is 1.80. The Morgan fingerprint density at radius 2 is 1.85 bits per heavy atom. The topological polar surface area (TPSA) is 24.1 Å². The molecule has 1 atom stereocenters. The lowest BCUT2D eigenvalue weighted by Gasteiger charge is -2.15. The number of hydrogen-bond acceptors (Lipinski definition) is 3. The summed E-state index contributed by atoms with van der Waals surface area (Å²) in [5.74, 6) is 1.95. The molecular formula is C10H24N2S. The lowest BCUT2D eigenvalue weighted by molar-refractivity contribution is 0.482. The molecule has 0 aromatic heterocycles. The zero-order chi connectivity index (χ0) is 10.1. The van der Waals surface area contributed by atoms with Crippen molar-refractivity contribution < 1.29 is 0 Å². The second-order valence-corrected chi connectivity index (χ2v) is 4.89. The summed E-state index contributed by atoms with van der Waals surface area (Å²) < 4.78 is 0. The Morgan fingerprint density at radius 1 is 1.15 bits per heavy atom. The fraction of sp³-hybridized carbons (Fsp3) is 1.00. The third kappa shape index (κ3) is 10.2. The van der Waals surface area contributed by atoms with Gasteiger partial charge >= 0.3 is 0 Å². The van der Waals surface area contributed by atoms with E-state index in [0.29, 0.717) is 6.04 Å². The van der Waals surface area contributed by atoms with Crippen LogP contribution in [-0.4, -0.2) is 37.7 Å². The smallest absolute Gasteiger partial charge is 0.0164 e. The van der Waals surface area contributed by atoms with Gasteiger partial charge in [-0.05, 0) is 25.6 Å². The number of hydrogen-bond donors (Lipinski definition) is 2. The summed E-state index contributed by atoms with van der Waals surface area (Å²) in [6.45, 7) is 10.0. The van der Waals surface area contributed by atoms with Crippen LogP contribution in [0.4, 0.5) is 0 Å². The molecule has 0 fully saturated rings. The van der Waals surface area contributed by atoms with Gasteiger partial charge in [0.25, 0.3) is 0 Å². The van der Waals surface area contributed by atoms with Gasteiger partial charge < -0.3 is 10.6 Å². The van der Waals surface area contributed by atoms with E-state index in [1.165, 1.54) is 5.75 Å². The Bertz CT molecular complexity index is 107.